The number of nitrogens with one attached hydrogen (secondary N) is 1. The first-order valence-corrected chi connectivity index (χ1v) is 12.8. The Morgan fingerprint density at radius 3 is 2.57 bits per heavy atom. The van der Waals surface area contributed by atoms with Gasteiger partial charge in [-0.15, -0.1) is 11.3 Å². The zero-order chi connectivity index (χ0) is 25.8. The number of nitrogens with zero attached hydrogens (tertiary/aromatic N) is 1. The van der Waals surface area contributed by atoms with Crippen molar-refractivity contribution in [2.24, 2.45) is 10.9 Å². The molecule has 0 unspecified atom stereocenters. The number of cyclic esters (lactones) is 1. The van der Waals surface area contributed by atoms with Gasteiger partial charge in [0.25, 0.3) is 0 Å². The number of thiophene rings is 1. The standard InChI is InChI=1S/C28H24N2O6S/c1-34-23-16-17(8-13-22(23)35-28(33)24-7-4-14-37-24)15-21-27(32)36-26(30-21)19-9-11-20(12-10-19)29-25(31)18-5-2-3-6-18/h4,7-16,18H,2-3,5-6H2,1H3,(H,29,31). The summed E-state index contributed by atoms with van der Waals surface area (Å²) >= 11 is 1.29. The van der Waals surface area contributed by atoms with Gasteiger partial charge in [-0.25, -0.2) is 14.6 Å². The minimum atomic E-state index is -0.583. The number of hydrogen-bond acceptors (Lipinski definition) is 8. The SMILES string of the molecule is COc1cc(C=C2N=C(c3ccc(NC(=O)C4CCCC4)cc3)OC2=O)ccc1OC(=O)c1cccs1. The van der Waals surface area contributed by atoms with Crippen LogP contribution in [0.2, 0.25) is 0 Å². The van der Waals surface area contributed by atoms with E-state index in [0.29, 0.717) is 27.4 Å². The Labute approximate surface area is 217 Å². The number of rotatable bonds is 7. The van der Waals surface area contributed by atoms with Gasteiger partial charge in [-0.2, -0.15) is 0 Å². The van der Waals surface area contributed by atoms with E-state index in [1.54, 1.807) is 66.1 Å². The van der Waals surface area contributed by atoms with Gasteiger partial charge in [0.1, 0.15) is 4.88 Å². The van der Waals surface area contributed by atoms with Gasteiger partial charge in [-0.05, 0) is 72.3 Å². The third kappa shape index (κ3) is 5.62. The van der Waals surface area contributed by atoms with Gasteiger partial charge >= 0.3 is 11.9 Å². The van der Waals surface area contributed by atoms with Crippen LogP contribution < -0.4 is 14.8 Å². The molecule has 2 aliphatic rings. The van der Waals surface area contributed by atoms with Crippen molar-refractivity contribution >= 4 is 46.8 Å². The van der Waals surface area contributed by atoms with Crippen molar-refractivity contribution in [3.05, 3.63) is 81.7 Å². The Bertz CT molecular complexity index is 1390. The molecule has 0 spiro atoms. The molecule has 9 heteroatoms. The second-order valence-corrected chi connectivity index (χ2v) is 9.61. The highest BCUT2D eigenvalue weighted by molar-refractivity contribution is 7.12. The second-order valence-electron chi connectivity index (χ2n) is 8.66. The van der Waals surface area contributed by atoms with Gasteiger partial charge in [0, 0.05) is 17.2 Å². The van der Waals surface area contributed by atoms with E-state index in [4.69, 9.17) is 14.2 Å². The lowest BCUT2D eigenvalue weighted by Crippen LogP contribution is -2.20. The number of esters is 2. The summed E-state index contributed by atoms with van der Waals surface area (Å²) in [6.07, 6.45) is 5.62. The molecule has 2 heterocycles. The van der Waals surface area contributed by atoms with Crippen molar-refractivity contribution in [3.8, 4) is 11.5 Å². The molecule has 0 radical (unpaired) electrons. The summed E-state index contributed by atoms with van der Waals surface area (Å²) in [6, 6.07) is 15.4. The highest BCUT2D eigenvalue weighted by Crippen LogP contribution is 2.31. The maximum Gasteiger partial charge on any atom is 0.363 e. The number of amides is 1. The smallest absolute Gasteiger partial charge is 0.363 e. The van der Waals surface area contributed by atoms with E-state index >= 15 is 0 Å². The van der Waals surface area contributed by atoms with Gasteiger partial charge in [0.15, 0.2) is 17.2 Å². The van der Waals surface area contributed by atoms with Crippen LogP contribution in [-0.2, 0) is 14.3 Å². The van der Waals surface area contributed by atoms with Gasteiger partial charge in [0.05, 0.1) is 7.11 Å². The van der Waals surface area contributed by atoms with E-state index in [1.807, 2.05) is 0 Å². The molecule has 8 nitrogen and oxygen atoms in total. The van der Waals surface area contributed by atoms with E-state index in [0.717, 1.165) is 25.7 Å². The number of anilines is 1. The normalized spacial score (nSPS) is 16.4. The Kier molecular flexibility index (Phi) is 7.14. The number of methoxy groups -OCH3 is 1. The summed E-state index contributed by atoms with van der Waals surface area (Å²) in [5.41, 5.74) is 2.05. The monoisotopic (exact) mass is 516 g/mol. The minimum Gasteiger partial charge on any atom is -0.493 e. The molecule has 1 aliphatic carbocycles. The quantitative estimate of drug-likeness (QED) is 0.255. The number of benzene rings is 2. The van der Waals surface area contributed by atoms with E-state index in [9.17, 15) is 14.4 Å². The minimum absolute atomic E-state index is 0.0443. The van der Waals surface area contributed by atoms with Crippen LogP contribution in [0.25, 0.3) is 6.08 Å². The van der Waals surface area contributed by atoms with Crippen LogP contribution in [0.1, 0.15) is 46.5 Å². The predicted molar refractivity (Wildman–Crippen MR) is 140 cm³/mol. The Hall–Kier alpha value is -4.24. The number of aliphatic imine (C=N–C) groups is 1. The van der Waals surface area contributed by atoms with E-state index < -0.39 is 11.9 Å². The third-order valence-electron chi connectivity index (χ3n) is 6.16. The molecule has 188 valence electrons. The first-order chi connectivity index (χ1) is 18.0. The van der Waals surface area contributed by atoms with Gasteiger partial charge in [-0.3, -0.25) is 4.79 Å². The molecule has 1 aliphatic heterocycles. The Morgan fingerprint density at radius 1 is 1.08 bits per heavy atom. The van der Waals surface area contributed by atoms with Crippen LogP contribution in [0.4, 0.5) is 5.69 Å². The van der Waals surface area contributed by atoms with Crippen molar-refractivity contribution in [1.82, 2.24) is 0 Å². The van der Waals surface area contributed by atoms with Gasteiger partial charge < -0.3 is 19.5 Å². The molecular formula is C28H24N2O6S. The van der Waals surface area contributed by atoms with Crippen LogP contribution in [0, 0.1) is 5.92 Å². The lowest BCUT2D eigenvalue weighted by molar-refractivity contribution is -0.130. The number of carbonyl (C=O) groups is 3. The molecule has 0 bridgehead atoms. The van der Waals surface area contributed by atoms with Crippen molar-refractivity contribution in [3.63, 3.8) is 0 Å². The maximum absolute atomic E-state index is 12.5. The van der Waals surface area contributed by atoms with Crippen LogP contribution in [0.5, 0.6) is 11.5 Å². The summed E-state index contributed by atoms with van der Waals surface area (Å²) in [6.45, 7) is 0. The molecule has 1 fully saturated rings. The van der Waals surface area contributed by atoms with Gasteiger partial charge in [-0.1, -0.05) is 25.0 Å². The second kappa shape index (κ2) is 10.8. The van der Waals surface area contributed by atoms with Crippen LogP contribution in [0.3, 0.4) is 0 Å². The molecule has 3 aromatic rings. The average Bonchev–Trinajstić information content (AvgIpc) is 3.69. The Balaban J connectivity index is 1.29. The number of hydrogen-bond donors (Lipinski definition) is 1. The summed E-state index contributed by atoms with van der Waals surface area (Å²) in [5, 5.41) is 4.74. The fourth-order valence-electron chi connectivity index (χ4n) is 4.22. The topological polar surface area (TPSA) is 103 Å². The van der Waals surface area contributed by atoms with Crippen LogP contribution in [0.15, 0.2) is 70.7 Å². The van der Waals surface area contributed by atoms with Crippen molar-refractivity contribution in [2.45, 2.75) is 25.7 Å². The first kappa shape index (κ1) is 24.5. The predicted octanol–water partition coefficient (Wildman–Crippen LogP) is 5.45. The summed E-state index contributed by atoms with van der Waals surface area (Å²) < 4.78 is 16.2. The number of carbonyl (C=O) groups excluding carboxylic acids is 3. The zero-order valence-electron chi connectivity index (χ0n) is 20.1. The summed E-state index contributed by atoms with van der Waals surface area (Å²) in [7, 11) is 1.47. The highest BCUT2D eigenvalue weighted by Gasteiger charge is 2.25. The first-order valence-electron chi connectivity index (χ1n) is 11.9. The largest absolute Gasteiger partial charge is 0.493 e. The van der Waals surface area contributed by atoms with Gasteiger partial charge in [0.2, 0.25) is 11.8 Å². The molecular weight excluding hydrogens is 492 g/mol. The van der Waals surface area contributed by atoms with Crippen molar-refractivity contribution in [2.75, 3.05) is 12.4 Å². The van der Waals surface area contributed by atoms with E-state index in [2.05, 4.69) is 10.3 Å². The van der Waals surface area contributed by atoms with E-state index in [-0.39, 0.29) is 29.2 Å². The average molecular weight is 517 g/mol. The number of ether oxygens (including phenoxy) is 3. The molecule has 37 heavy (non-hydrogen) atoms. The third-order valence-corrected chi connectivity index (χ3v) is 7.01. The van der Waals surface area contributed by atoms with Crippen molar-refractivity contribution in [1.29, 1.82) is 0 Å². The van der Waals surface area contributed by atoms with Crippen molar-refractivity contribution < 1.29 is 28.6 Å². The fraction of sp³-hybridized carbons (Fsp3) is 0.214. The molecule has 1 N–H and O–H groups in total. The molecule has 1 saturated carbocycles. The van der Waals surface area contributed by atoms with Crippen LogP contribution >= 0.6 is 11.3 Å². The fourth-order valence-corrected chi connectivity index (χ4v) is 4.82. The van der Waals surface area contributed by atoms with Crippen LogP contribution in [-0.4, -0.2) is 30.9 Å². The molecule has 0 saturated heterocycles. The summed E-state index contributed by atoms with van der Waals surface area (Å²) in [4.78, 5) is 41.9. The molecule has 1 aromatic heterocycles. The summed E-state index contributed by atoms with van der Waals surface area (Å²) in [5.74, 6) is -0.154. The molecule has 0 atom stereocenters. The Morgan fingerprint density at radius 2 is 1.86 bits per heavy atom. The maximum atomic E-state index is 12.5. The molecule has 2 aromatic carbocycles. The lowest BCUT2D eigenvalue weighted by atomic mass is 10.1. The highest BCUT2D eigenvalue weighted by atomic mass is 32.1. The van der Waals surface area contributed by atoms with E-state index in [1.165, 1.54) is 18.4 Å². The zero-order valence-corrected chi connectivity index (χ0v) is 20.9. The lowest BCUT2D eigenvalue weighted by Gasteiger charge is -2.10. The molecule has 1 amide bonds. The molecule has 5 rings (SSSR count).